The van der Waals surface area contributed by atoms with Gasteiger partial charge in [-0.15, -0.1) is 11.8 Å². The fraction of sp³-hybridized carbons (Fsp3) is 0.452. The second-order valence-corrected chi connectivity index (χ2v) is 12.7. The number of benzene rings is 2. The standard InChI is InChI=1S/C31H37F2N5O3S/c1-6-35-13-15-36(16-14-35)25(39)18-37-26(40)19-42-28(23-12-7-20(32)17-24(23)33)27-29(31(2,3)4)34-38(30(27)37)21-8-10-22(41-5)11-9-21/h7-12,17,28H,6,13-16,18-19H2,1-5H3. The van der Waals surface area contributed by atoms with E-state index in [1.54, 1.807) is 28.8 Å². The molecule has 0 radical (unpaired) electrons. The van der Waals surface area contributed by atoms with Gasteiger partial charge in [-0.2, -0.15) is 5.10 Å². The van der Waals surface area contributed by atoms with Gasteiger partial charge in [0.15, 0.2) is 0 Å². The third-order valence-corrected chi connectivity index (χ3v) is 9.06. The number of nitrogens with zero attached hydrogens (tertiary/aromatic N) is 5. The minimum absolute atomic E-state index is 0.0131. The van der Waals surface area contributed by atoms with Crippen molar-refractivity contribution in [1.29, 1.82) is 0 Å². The number of likely N-dealkylation sites (N-methyl/N-ethyl adjacent to an activating group) is 1. The molecule has 1 unspecified atom stereocenters. The van der Waals surface area contributed by atoms with E-state index < -0.39 is 22.3 Å². The molecule has 1 atom stereocenters. The summed E-state index contributed by atoms with van der Waals surface area (Å²) in [7, 11) is 1.58. The topological polar surface area (TPSA) is 70.9 Å². The summed E-state index contributed by atoms with van der Waals surface area (Å²) in [4.78, 5) is 33.1. The molecular weight excluding hydrogens is 560 g/mol. The van der Waals surface area contributed by atoms with E-state index in [0.717, 1.165) is 25.7 Å². The Morgan fingerprint density at radius 2 is 1.76 bits per heavy atom. The molecule has 1 fully saturated rings. The fourth-order valence-corrected chi connectivity index (χ4v) is 6.70. The van der Waals surface area contributed by atoms with Crippen LogP contribution in [-0.2, 0) is 15.0 Å². The predicted octanol–water partition coefficient (Wildman–Crippen LogP) is 4.79. The molecule has 0 bridgehead atoms. The minimum atomic E-state index is -0.693. The summed E-state index contributed by atoms with van der Waals surface area (Å²) in [6, 6.07) is 10.8. The van der Waals surface area contributed by atoms with Crippen LogP contribution in [0.25, 0.3) is 5.69 Å². The number of methoxy groups -OCH3 is 1. The Bertz CT molecular complexity index is 1460. The van der Waals surface area contributed by atoms with Crippen LogP contribution in [0.2, 0.25) is 0 Å². The van der Waals surface area contributed by atoms with Crippen molar-refractivity contribution in [2.75, 3.05) is 57.0 Å². The highest BCUT2D eigenvalue weighted by Gasteiger charge is 2.41. The lowest BCUT2D eigenvalue weighted by Gasteiger charge is -2.35. The van der Waals surface area contributed by atoms with Crippen LogP contribution in [-0.4, -0.2) is 83.5 Å². The normalized spacial score (nSPS) is 18.2. The first kappa shape index (κ1) is 30.0. The lowest BCUT2D eigenvalue weighted by atomic mass is 9.87. The average Bonchev–Trinajstić information content (AvgIpc) is 3.31. The summed E-state index contributed by atoms with van der Waals surface area (Å²) in [5.74, 6) is -0.700. The number of ether oxygens (including phenoxy) is 1. The fourth-order valence-electron chi connectivity index (χ4n) is 5.49. The van der Waals surface area contributed by atoms with Crippen molar-refractivity contribution in [3.05, 3.63) is 70.9 Å². The molecule has 2 amide bonds. The SMILES string of the molecule is CCN1CCN(C(=O)CN2C(=O)CSC(c3ccc(F)cc3F)c3c(C(C)(C)C)nn(-c4ccc(OC)cc4)c32)CC1. The van der Waals surface area contributed by atoms with Gasteiger partial charge in [-0.3, -0.25) is 14.5 Å². The van der Waals surface area contributed by atoms with E-state index in [9.17, 15) is 14.0 Å². The second kappa shape index (κ2) is 12.0. The number of halogens is 2. The number of fused-ring (bicyclic) bond motifs is 1. The van der Waals surface area contributed by atoms with Gasteiger partial charge in [-0.05, 0) is 36.9 Å². The lowest BCUT2D eigenvalue weighted by molar-refractivity contribution is -0.132. The molecule has 2 aliphatic heterocycles. The number of carbonyl (C=O) groups is 2. The Hall–Kier alpha value is -3.44. The summed E-state index contributed by atoms with van der Waals surface area (Å²) in [6.07, 6.45) is 0. The number of hydrogen-bond acceptors (Lipinski definition) is 6. The lowest BCUT2D eigenvalue weighted by Crippen LogP contribution is -2.52. The smallest absolute Gasteiger partial charge is 0.242 e. The molecule has 42 heavy (non-hydrogen) atoms. The number of piperazine rings is 1. The van der Waals surface area contributed by atoms with Crippen molar-refractivity contribution < 1.29 is 23.1 Å². The van der Waals surface area contributed by atoms with Crippen molar-refractivity contribution in [3.63, 3.8) is 0 Å². The maximum Gasteiger partial charge on any atom is 0.242 e. The molecular formula is C31H37F2N5O3S. The summed E-state index contributed by atoms with van der Waals surface area (Å²) in [5, 5.41) is 4.37. The molecule has 3 heterocycles. The van der Waals surface area contributed by atoms with Gasteiger partial charge in [-0.1, -0.05) is 33.8 Å². The second-order valence-electron chi connectivity index (χ2n) is 11.6. The summed E-state index contributed by atoms with van der Waals surface area (Å²) < 4.78 is 36.3. The van der Waals surface area contributed by atoms with Gasteiger partial charge in [0.05, 0.1) is 29.5 Å². The Morgan fingerprint density at radius 3 is 2.36 bits per heavy atom. The molecule has 0 saturated carbocycles. The third kappa shape index (κ3) is 5.89. The Balaban J connectivity index is 1.68. The third-order valence-electron chi connectivity index (χ3n) is 7.83. The Labute approximate surface area is 249 Å². The van der Waals surface area contributed by atoms with Gasteiger partial charge in [0, 0.05) is 48.8 Å². The zero-order valence-corrected chi connectivity index (χ0v) is 25.5. The summed E-state index contributed by atoms with van der Waals surface area (Å²) >= 11 is 1.26. The van der Waals surface area contributed by atoms with Gasteiger partial charge < -0.3 is 14.5 Å². The van der Waals surface area contributed by atoms with Crippen LogP contribution in [0.3, 0.4) is 0 Å². The number of thioether (sulfide) groups is 1. The van der Waals surface area contributed by atoms with Gasteiger partial charge in [0.1, 0.15) is 29.7 Å². The van der Waals surface area contributed by atoms with E-state index in [2.05, 4.69) is 11.8 Å². The van der Waals surface area contributed by atoms with Crippen LogP contribution < -0.4 is 9.64 Å². The van der Waals surface area contributed by atoms with Crippen LogP contribution in [0.15, 0.2) is 42.5 Å². The first-order valence-electron chi connectivity index (χ1n) is 14.2. The summed E-state index contributed by atoms with van der Waals surface area (Å²) in [6.45, 7) is 11.6. The number of hydrogen-bond donors (Lipinski definition) is 0. The largest absolute Gasteiger partial charge is 0.497 e. The first-order chi connectivity index (χ1) is 20.0. The van der Waals surface area contributed by atoms with Crippen molar-refractivity contribution in [2.24, 2.45) is 0 Å². The van der Waals surface area contributed by atoms with E-state index in [0.29, 0.717) is 41.6 Å². The van der Waals surface area contributed by atoms with Crippen molar-refractivity contribution in [3.8, 4) is 11.4 Å². The zero-order chi connectivity index (χ0) is 30.2. The molecule has 224 valence electrons. The molecule has 2 aromatic carbocycles. The maximum absolute atomic E-state index is 15.4. The molecule has 1 aromatic heterocycles. The van der Waals surface area contributed by atoms with E-state index >= 15 is 4.39 Å². The van der Waals surface area contributed by atoms with Crippen LogP contribution in [0, 0.1) is 11.6 Å². The van der Waals surface area contributed by atoms with Crippen LogP contribution in [0.4, 0.5) is 14.6 Å². The van der Waals surface area contributed by atoms with Crippen LogP contribution >= 0.6 is 11.8 Å². The zero-order valence-electron chi connectivity index (χ0n) is 24.7. The van der Waals surface area contributed by atoms with Crippen LogP contribution in [0.5, 0.6) is 5.75 Å². The number of aromatic nitrogens is 2. The van der Waals surface area contributed by atoms with Crippen molar-refractivity contribution >= 4 is 29.4 Å². The van der Waals surface area contributed by atoms with Crippen molar-refractivity contribution in [1.82, 2.24) is 19.6 Å². The molecule has 1 saturated heterocycles. The van der Waals surface area contributed by atoms with E-state index in [4.69, 9.17) is 9.84 Å². The first-order valence-corrected chi connectivity index (χ1v) is 15.2. The quantitative estimate of drug-likeness (QED) is 0.407. The Kier molecular flexibility index (Phi) is 8.61. The van der Waals surface area contributed by atoms with Crippen LogP contribution in [0.1, 0.15) is 49.8 Å². The monoisotopic (exact) mass is 597 g/mol. The molecule has 0 N–H and O–H groups in total. The highest BCUT2D eigenvalue weighted by Crippen LogP contribution is 2.49. The summed E-state index contributed by atoms with van der Waals surface area (Å²) in [5.41, 5.74) is 1.73. The van der Waals surface area contributed by atoms with E-state index in [1.807, 2.05) is 32.9 Å². The molecule has 0 spiro atoms. The highest BCUT2D eigenvalue weighted by atomic mass is 32.2. The van der Waals surface area contributed by atoms with Crippen molar-refractivity contribution in [2.45, 2.75) is 38.4 Å². The molecule has 5 rings (SSSR count). The van der Waals surface area contributed by atoms with Gasteiger partial charge in [0.25, 0.3) is 0 Å². The number of anilines is 1. The molecule has 3 aromatic rings. The molecule has 0 aliphatic carbocycles. The molecule has 11 heteroatoms. The molecule has 2 aliphatic rings. The maximum atomic E-state index is 15.4. The predicted molar refractivity (Wildman–Crippen MR) is 161 cm³/mol. The minimum Gasteiger partial charge on any atom is -0.497 e. The van der Waals surface area contributed by atoms with Gasteiger partial charge >= 0.3 is 0 Å². The van der Waals surface area contributed by atoms with E-state index in [1.165, 1.54) is 28.8 Å². The number of carbonyl (C=O) groups excluding carboxylic acids is 2. The number of amides is 2. The van der Waals surface area contributed by atoms with Gasteiger partial charge in [-0.25, -0.2) is 13.5 Å². The van der Waals surface area contributed by atoms with Gasteiger partial charge in [0.2, 0.25) is 11.8 Å². The average molecular weight is 598 g/mol. The molecule has 8 nitrogen and oxygen atoms in total. The highest BCUT2D eigenvalue weighted by molar-refractivity contribution is 8.00. The number of rotatable bonds is 6. The Morgan fingerprint density at radius 1 is 1.07 bits per heavy atom. The van der Waals surface area contributed by atoms with E-state index in [-0.39, 0.29) is 29.7 Å².